The SMILES string of the molecule is CCc1cnc(-c2cc(OC[C@H]3CNCCO3)cc(C(=O)NC(C)c3cnc(C(F)(F)F)nc3)c2)s1. The Bertz CT molecular complexity index is 1180. The standard InChI is InChI=1S/C24H26F3N5O3S/c1-3-20-12-29-22(36-20)16-6-15(7-18(8-16)35-13-19-11-28-4-5-34-19)21(33)32-14(2)17-9-30-23(31-10-17)24(25,26)27/h6-10,12,14,19,28H,3-5,11,13H2,1-2H3,(H,32,33)/t14?,19-/m1/s1. The van der Waals surface area contributed by atoms with Gasteiger partial charge in [0.25, 0.3) is 5.91 Å². The summed E-state index contributed by atoms with van der Waals surface area (Å²) in [5.41, 5.74) is 1.41. The number of benzene rings is 1. The van der Waals surface area contributed by atoms with Crippen molar-refractivity contribution in [2.75, 3.05) is 26.3 Å². The summed E-state index contributed by atoms with van der Waals surface area (Å²) in [7, 11) is 0. The second-order valence-corrected chi connectivity index (χ2v) is 9.39. The minimum atomic E-state index is -4.63. The maximum absolute atomic E-state index is 13.1. The van der Waals surface area contributed by atoms with E-state index in [1.165, 1.54) is 11.3 Å². The highest BCUT2D eigenvalue weighted by Gasteiger charge is 2.34. The molecule has 1 fully saturated rings. The lowest BCUT2D eigenvalue weighted by molar-refractivity contribution is -0.145. The van der Waals surface area contributed by atoms with Crippen molar-refractivity contribution >= 4 is 17.2 Å². The molecule has 0 aliphatic carbocycles. The number of ether oxygens (including phenoxy) is 2. The fourth-order valence-electron chi connectivity index (χ4n) is 3.53. The van der Waals surface area contributed by atoms with Gasteiger partial charge in [0.1, 0.15) is 23.5 Å². The first kappa shape index (κ1) is 26.0. The summed E-state index contributed by atoms with van der Waals surface area (Å²) in [6.07, 6.45) is 0.0403. The van der Waals surface area contributed by atoms with E-state index in [0.29, 0.717) is 36.6 Å². The van der Waals surface area contributed by atoms with Crippen LogP contribution in [0.1, 0.15) is 46.5 Å². The van der Waals surface area contributed by atoms with Gasteiger partial charge in [-0.15, -0.1) is 11.3 Å². The number of nitrogens with zero attached hydrogens (tertiary/aromatic N) is 3. The van der Waals surface area contributed by atoms with Gasteiger partial charge < -0.3 is 20.1 Å². The number of aryl methyl sites for hydroxylation is 1. The van der Waals surface area contributed by atoms with E-state index in [1.807, 2.05) is 19.2 Å². The summed E-state index contributed by atoms with van der Waals surface area (Å²) in [6, 6.07) is 4.55. The van der Waals surface area contributed by atoms with Gasteiger partial charge in [-0.25, -0.2) is 15.0 Å². The van der Waals surface area contributed by atoms with E-state index in [-0.39, 0.29) is 6.10 Å². The van der Waals surface area contributed by atoms with E-state index in [9.17, 15) is 18.0 Å². The van der Waals surface area contributed by atoms with E-state index in [2.05, 4.69) is 25.6 Å². The summed E-state index contributed by atoms with van der Waals surface area (Å²) in [5.74, 6) is -1.16. The third-order valence-corrected chi connectivity index (χ3v) is 6.72. The maximum atomic E-state index is 13.1. The lowest BCUT2D eigenvalue weighted by Gasteiger charge is -2.23. The quantitative estimate of drug-likeness (QED) is 0.462. The van der Waals surface area contributed by atoms with Gasteiger partial charge in [-0.3, -0.25) is 4.79 Å². The summed E-state index contributed by atoms with van der Waals surface area (Å²) in [5, 5.41) is 6.79. The number of alkyl halides is 3. The van der Waals surface area contributed by atoms with Crippen LogP contribution < -0.4 is 15.4 Å². The molecule has 1 saturated heterocycles. The van der Waals surface area contributed by atoms with E-state index in [1.54, 1.807) is 19.1 Å². The van der Waals surface area contributed by atoms with Crippen LogP contribution in [0, 0.1) is 0 Å². The Morgan fingerprint density at radius 3 is 2.67 bits per heavy atom. The number of halogens is 3. The Morgan fingerprint density at radius 2 is 2.03 bits per heavy atom. The summed E-state index contributed by atoms with van der Waals surface area (Å²) >= 11 is 1.53. The number of rotatable bonds is 8. The van der Waals surface area contributed by atoms with E-state index < -0.39 is 23.9 Å². The average molecular weight is 522 g/mol. The largest absolute Gasteiger partial charge is 0.491 e. The van der Waals surface area contributed by atoms with Crippen LogP contribution in [0.3, 0.4) is 0 Å². The zero-order chi connectivity index (χ0) is 25.7. The number of carbonyl (C=O) groups is 1. The van der Waals surface area contributed by atoms with E-state index in [0.717, 1.165) is 40.8 Å². The number of amides is 1. The third kappa shape index (κ3) is 6.56. The zero-order valence-electron chi connectivity index (χ0n) is 19.8. The molecule has 0 radical (unpaired) electrons. The van der Waals surface area contributed by atoms with Gasteiger partial charge in [-0.05, 0) is 31.5 Å². The fourth-order valence-corrected chi connectivity index (χ4v) is 4.37. The number of hydrogen-bond acceptors (Lipinski definition) is 8. The van der Waals surface area contributed by atoms with Crippen LogP contribution in [0.5, 0.6) is 5.75 Å². The van der Waals surface area contributed by atoms with Crippen molar-refractivity contribution < 1.29 is 27.4 Å². The molecule has 0 saturated carbocycles. The number of carbonyl (C=O) groups excluding carboxylic acids is 1. The van der Waals surface area contributed by atoms with Crippen molar-refractivity contribution in [1.82, 2.24) is 25.6 Å². The first-order valence-electron chi connectivity index (χ1n) is 11.5. The van der Waals surface area contributed by atoms with Gasteiger partial charge in [0, 0.05) is 53.2 Å². The molecular formula is C24H26F3N5O3S. The number of nitrogens with one attached hydrogen (secondary N) is 2. The molecule has 1 aromatic carbocycles. The Morgan fingerprint density at radius 1 is 1.25 bits per heavy atom. The molecule has 12 heteroatoms. The first-order chi connectivity index (χ1) is 17.2. The Kier molecular flexibility index (Phi) is 8.17. The molecule has 1 aliphatic heterocycles. The number of morpholine rings is 1. The molecule has 1 aliphatic rings. The molecule has 2 aromatic heterocycles. The zero-order valence-corrected chi connectivity index (χ0v) is 20.6. The summed E-state index contributed by atoms with van der Waals surface area (Å²) < 4.78 is 49.9. The molecule has 1 unspecified atom stereocenters. The van der Waals surface area contributed by atoms with Gasteiger partial charge in [-0.1, -0.05) is 6.92 Å². The van der Waals surface area contributed by atoms with Crippen LogP contribution in [0.15, 0.2) is 36.8 Å². The Balaban J connectivity index is 1.53. The first-order valence-corrected chi connectivity index (χ1v) is 12.3. The summed E-state index contributed by atoms with van der Waals surface area (Å²) in [6.45, 7) is 6.07. The highest BCUT2D eigenvalue weighted by atomic mass is 32.1. The lowest BCUT2D eigenvalue weighted by Crippen LogP contribution is -2.41. The van der Waals surface area contributed by atoms with Crippen molar-refractivity contribution in [2.24, 2.45) is 0 Å². The van der Waals surface area contributed by atoms with Crippen molar-refractivity contribution in [2.45, 2.75) is 38.6 Å². The molecule has 1 amide bonds. The van der Waals surface area contributed by atoms with Crippen LogP contribution >= 0.6 is 11.3 Å². The lowest BCUT2D eigenvalue weighted by atomic mass is 10.1. The fraction of sp³-hybridized carbons (Fsp3) is 0.417. The van der Waals surface area contributed by atoms with Crippen LogP contribution in [-0.4, -0.2) is 53.3 Å². The summed E-state index contributed by atoms with van der Waals surface area (Å²) in [4.78, 5) is 25.4. The van der Waals surface area contributed by atoms with E-state index in [4.69, 9.17) is 9.47 Å². The monoisotopic (exact) mass is 521 g/mol. The number of aromatic nitrogens is 3. The van der Waals surface area contributed by atoms with Gasteiger partial charge in [0.15, 0.2) is 0 Å². The number of hydrogen-bond donors (Lipinski definition) is 2. The second-order valence-electron chi connectivity index (χ2n) is 8.27. The minimum Gasteiger partial charge on any atom is -0.491 e. The molecule has 3 heterocycles. The highest BCUT2D eigenvalue weighted by Crippen LogP contribution is 2.31. The molecule has 8 nitrogen and oxygen atoms in total. The van der Waals surface area contributed by atoms with Gasteiger partial charge >= 0.3 is 6.18 Å². The Hall–Kier alpha value is -3.09. The van der Waals surface area contributed by atoms with Crippen molar-refractivity contribution in [3.05, 3.63) is 58.6 Å². The van der Waals surface area contributed by atoms with Crippen LogP contribution in [0.2, 0.25) is 0 Å². The normalized spacial score (nSPS) is 17.0. The molecular weight excluding hydrogens is 495 g/mol. The van der Waals surface area contributed by atoms with Crippen molar-refractivity contribution in [3.63, 3.8) is 0 Å². The van der Waals surface area contributed by atoms with E-state index >= 15 is 0 Å². The molecule has 2 atom stereocenters. The average Bonchev–Trinajstić information content (AvgIpc) is 3.37. The van der Waals surface area contributed by atoms with Crippen LogP contribution in [0.25, 0.3) is 10.6 Å². The van der Waals surface area contributed by atoms with Gasteiger partial charge in [0.2, 0.25) is 5.82 Å². The number of thiazole rings is 1. The van der Waals surface area contributed by atoms with Crippen molar-refractivity contribution in [3.8, 4) is 16.3 Å². The van der Waals surface area contributed by atoms with Gasteiger partial charge in [0.05, 0.1) is 12.6 Å². The molecule has 192 valence electrons. The smallest absolute Gasteiger partial charge is 0.451 e. The van der Waals surface area contributed by atoms with Crippen LogP contribution in [-0.2, 0) is 17.3 Å². The maximum Gasteiger partial charge on any atom is 0.451 e. The molecule has 0 bridgehead atoms. The molecule has 4 rings (SSSR count). The topological polar surface area (TPSA) is 98.3 Å². The van der Waals surface area contributed by atoms with Gasteiger partial charge in [-0.2, -0.15) is 13.2 Å². The highest BCUT2D eigenvalue weighted by molar-refractivity contribution is 7.15. The predicted octanol–water partition coefficient (Wildman–Crippen LogP) is 4.04. The molecule has 2 N–H and O–H groups in total. The minimum absolute atomic E-state index is 0.106. The second kappa shape index (κ2) is 11.3. The molecule has 0 spiro atoms. The third-order valence-electron chi connectivity index (χ3n) is 5.53. The Labute approximate surface area is 210 Å². The van der Waals surface area contributed by atoms with Crippen molar-refractivity contribution in [1.29, 1.82) is 0 Å². The predicted molar refractivity (Wildman–Crippen MR) is 128 cm³/mol. The molecule has 36 heavy (non-hydrogen) atoms. The van der Waals surface area contributed by atoms with Crippen LogP contribution in [0.4, 0.5) is 13.2 Å². The molecule has 3 aromatic rings.